The van der Waals surface area contributed by atoms with Crippen molar-refractivity contribution >= 4 is 19.8 Å². The Morgan fingerprint density at radius 2 is 0.559 bits per heavy atom. The van der Waals surface area contributed by atoms with Crippen LogP contribution in [0.5, 0.6) is 0 Å². The molecule has 0 aliphatic rings. The number of allylic oxidation sites excluding steroid dienone is 26. The lowest BCUT2D eigenvalue weighted by Gasteiger charge is -2.28. The molecular formula is C92H158NO8P. The van der Waals surface area contributed by atoms with Crippen molar-refractivity contribution in [2.45, 2.75) is 367 Å². The van der Waals surface area contributed by atoms with Crippen LogP contribution in [0.15, 0.2) is 158 Å². The number of esters is 2. The van der Waals surface area contributed by atoms with Gasteiger partial charge < -0.3 is 27.9 Å². The first-order valence-corrected chi connectivity index (χ1v) is 43.7. The van der Waals surface area contributed by atoms with Crippen LogP contribution in [-0.4, -0.2) is 70.0 Å². The molecule has 2 unspecified atom stereocenters. The predicted molar refractivity (Wildman–Crippen MR) is 443 cm³/mol. The largest absolute Gasteiger partial charge is 0.756 e. The summed E-state index contributed by atoms with van der Waals surface area (Å²) in [5.74, 6) is -0.869. The van der Waals surface area contributed by atoms with Crippen molar-refractivity contribution in [2.75, 3.05) is 47.5 Å². The Balaban J connectivity index is 4.02. The Labute approximate surface area is 630 Å². The zero-order valence-electron chi connectivity index (χ0n) is 66.8. The molecule has 0 aromatic carbocycles. The second kappa shape index (κ2) is 80.7. The van der Waals surface area contributed by atoms with Gasteiger partial charge in [-0.15, -0.1) is 0 Å². The molecule has 0 aromatic heterocycles. The summed E-state index contributed by atoms with van der Waals surface area (Å²) in [7, 11) is 1.14. The third-order valence-electron chi connectivity index (χ3n) is 18.0. The maximum absolute atomic E-state index is 12.9. The zero-order valence-corrected chi connectivity index (χ0v) is 67.7. The lowest BCUT2D eigenvalue weighted by atomic mass is 10.0. The maximum Gasteiger partial charge on any atom is 0.306 e. The van der Waals surface area contributed by atoms with E-state index in [1.54, 1.807) is 0 Å². The molecule has 0 aliphatic heterocycles. The van der Waals surface area contributed by atoms with E-state index in [1.165, 1.54) is 212 Å². The van der Waals surface area contributed by atoms with Crippen LogP contribution in [-0.2, 0) is 32.7 Å². The summed E-state index contributed by atoms with van der Waals surface area (Å²) >= 11 is 0. The summed E-state index contributed by atoms with van der Waals surface area (Å²) < 4.78 is 34.4. The molecule has 0 saturated heterocycles. The summed E-state index contributed by atoms with van der Waals surface area (Å²) in [6.07, 6.45) is 121. The van der Waals surface area contributed by atoms with Gasteiger partial charge in [0.05, 0.1) is 27.7 Å². The summed E-state index contributed by atoms with van der Waals surface area (Å²) in [6.45, 7) is 4.10. The third kappa shape index (κ3) is 84.6. The molecule has 0 radical (unpaired) electrons. The summed E-state index contributed by atoms with van der Waals surface area (Å²) in [6, 6.07) is 0. The van der Waals surface area contributed by atoms with Gasteiger partial charge in [-0.3, -0.25) is 14.2 Å². The van der Waals surface area contributed by atoms with E-state index in [2.05, 4.69) is 172 Å². The minimum Gasteiger partial charge on any atom is -0.756 e. The average molecular weight is 1440 g/mol. The molecule has 0 amide bonds. The first kappa shape index (κ1) is 97.6. The first-order valence-electron chi connectivity index (χ1n) is 42.2. The number of carbonyl (C=O) groups excluding carboxylic acids is 2. The zero-order chi connectivity index (χ0) is 74.0. The van der Waals surface area contributed by atoms with Crippen LogP contribution in [0.2, 0.25) is 0 Å². The van der Waals surface area contributed by atoms with E-state index in [-0.39, 0.29) is 26.1 Å². The van der Waals surface area contributed by atoms with Crippen molar-refractivity contribution in [3.63, 3.8) is 0 Å². The molecule has 2 atom stereocenters. The van der Waals surface area contributed by atoms with E-state index in [4.69, 9.17) is 18.5 Å². The van der Waals surface area contributed by atoms with Crippen LogP contribution >= 0.6 is 7.82 Å². The molecule has 102 heavy (non-hydrogen) atoms. The van der Waals surface area contributed by atoms with E-state index >= 15 is 0 Å². The lowest BCUT2D eigenvalue weighted by molar-refractivity contribution is -0.870. The van der Waals surface area contributed by atoms with Gasteiger partial charge in [-0.2, -0.15) is 0 Å². The maximum atomic E-state index is 12.9. The van der Waals surface area contributed by atoms with Gasteiger partial charge in [-0.25, -0.2) is 0 Å². The Bertz CT molecular complexity index is 2290. The molecule has 0 N–H and O–H groups in total. The molecule has 9 nitrogen and oxygen atoms in total. The fourth-order valence-electron chi connectivity index (χ4n) is 11.6. The number of unbranched alkanes of at least 4 members (excludes halogenated alkanes) is 37. The van der Waals surface area contributed by atoms with Crippen LogP contribution < -0.4 is 4.89 Å². The van der Waals surface area contributed by atoms with Gasteiger partial charge in [0.15, 0.2) is 6.10 Å². The fourth-order valence-corrected chi connectivity index (χ4v) is 12.4. The minimum atomic E-state index is -4.67. The fraction of sp³-hybridized carbons (Fsp3) is 0.696. The van der Waals surface area contributed by atoms with Gasteiger partial charge in [-0.05, 0) is 128 Å². The molecule has 0 aliphatic carbocycles. The van der Waals surface area contributed by atoms with E-state index in [1.807, 2.05) is 21.1 Å². The second-order valence-corrected chi connectivity index (χ2v) is 30.5. The average Bonchev–Trinajstić information content (AvgIpc) is 0.913. The highest BCUT2D eigenvalue weighted by Gasteiger charge is 2.22. The molecule has 584 valence electrons. The van der Waals surface area contributed by atoms with Crippen LogP contribution in [0, 0.1) is 0 Å². The summed E-state index contributed by atoms with van der Waals surface area (Å²) in [5.41, 5.74) is 0. The number of rotatable bonds is 77. The SMILES string of the molecule is CC/C=C\C/C=C\C/C=C\C/C=C\C/C=C\C/C=C\C/C=C\C/C=C\C/C=C\C/C=C\C/C=C\CCCCCC(=O)OC(COC(=O)CCCCCCCCCCCCCCCCCCCCCCCCCCCCCCC/C=C\C/C=C\CCCCCCC)COP(=O)([O-])OCC[N+](C)(C)C. The molecule has 10 heteroatoms. The van der Waals surface area contributed by atoms with E-state index < -0.39 is 32.5 Å². The van der Waals surface area contributed by atoms with Crippen molar-refractivity contribution in [1.29, 1.82) is 0 Å². The summed E-state index contributed by atoms with van der Waals surface area (Å²) in [5, 5.41) is 0. The monoisotopic (exact) mass is 1440 g/mol. The third-order valence-corrected chi connectivity index (χ3v) is 19.0. The van der Waals surface area contributed by atoms with E-state index in [0.29, 0.717) is 17.4 Å². The quantitative estimate of drug-likeness (QED) is 0.0195. The van der Waals surface area contributed by atoms with Gasteiger partial charge in [0.2, 0.25) is 0 Å². The van der Waals surface area contributed by atoms with Crippen LogP contribution in [0.25, 0.3) is 0 Å². The van der Waals surface area contributed by atoms with Crippen molar-refractivity contribution in [2.24, 2.45) is 0 Å². The van der Waals surface area contributed by atoms with Crippen molar-refractivity contribution in [1.82, 2.24) is 0 Å². The highest BCUT2D eigenvalue weighted by Crippen LogP contribution is 2.38. The standard InChI is InChI=1S/C92H158NO8P/c1-6-8-10-12-14-16-18-20-22-24-26-28-30-32-34-36-38-40-42-44-45-46-47-49-50-52-54-56-58-60-62-64-66-68-70-72-74-76-78-80-82-84-91(94)98-88-90(89-100-102(96,97)99-87-86-93(3,4)5)101-92(95)85-83-81-79-77-75-73-71-69-67-65-63-61-59-57-55-53-51-48-43-41-39-37-35-33-31-29-27-25-23-21-19-17-15-13-11-9-7-2/h9,11,15,17-18,20-21,23-24,26-27,29,33,35,39,41,48,51,55,57,61,63,67,69,73,75,90H,6-8,10,12-14,16,19,22,25,28,30-32,34,36-38,40,42-47,49-50,52-54,56,58-60,62,64-66,68,70-72,74,76-89H2,1-5H3/b11-9-,17-15-,20-18-,23-21-,26-24-,29-27-,35-33-,41-39-,51-48-,57-55-,63-61-,69-67-,75-73-. The molecule has 0 bridgehead atoms. The number of phosphoric ester groups is 1. The number of quaternary nitrogens is 1. The van der Waals surface area contributed by atoms with Gasteiger partial charge >= 0.3 is 11.9 Å². The summed E-state index contributed by atoms with van der Waals surface area (Å²) in [4.78, 5) is 38.2. The number of phosphoric acid groups is 1. The first-order chi connectivity index (χ1) is 50.0. The molecule has 0 aromatic rings. The molecular weight excluding hydrogens is 1280 g/mol. The highest BCUT2D eigenvalue weighted by atomic mass is 31.2. The Kier molecular flexibility index (Phi) is 77.3. The Morgan fingerprint density at radius 3 is 0.843 bits per heavy atom. The van der Waals surface area contributed by atoms with Crippen molar-refractivity contribution in [3.8, 4) is 0 Å². The number of nitrogens with zero attached hydrogens (tertiary/aromatic N) is 1. The number of hydrogen-bond acceptors (Lipinski definition) is 8. The molecule has 0 heterocycles. The molecule has 0 rings (SSSR count). The minimum absolute atomic E-state index is 0.0439. The van der Waals surface area contributed by atoms with Crippen LogP contribution in [0.3, 0.4) is 0 Å². The van der Waals surface area contributed by atoms with Crippen LogP contribution in [0.4, 0.5) is 0 Å². The van der Waals surface area contributed by atoms with E-state index in [9.17, 15) is 19.0 Å². The van der Waals surface area contributed by atoms with Crippen molar-refractivity contribution < 1.29 is 42.1 Å². The highest BCUT2D eigenvalue weighted by molar-refractivity contribution is 7.45. The van der Waals surface area contributed by atoms with Gasteiger partial charge in [0, 0.05) is 12.8 Å². The van der Waals surface area contributed by atoms with Crippen LogP contribution in [0.1, 0.15) is 361 Å². The Hall–Kier alpha value is -4.37. The normalized spacial score (nSPS) is 13.8. The predicted octanol–water partition coefficient (Wildman–Crippen LogP) is 28.0. The second-order valence-electron chi connectivity index (χ2n) is 29.1. The molecule has 0 saturated carbocycles. The lowest BCUT2D eigenvalue weighted by Crippen LogP contribution is -2.37. The topological polar surface area (TPSA) is 111 Å². The Morgan fingerprint density at radius 1 is 0.314 bits per heavy atom. The van der Waals surface area contributed by atoms with E-state index in [0.717, 1.165) is 116 Å². The number of ether oxygens (including phenoxy) is 2. The smallest absolute Gasteiger partial charge is 0.306 e. The number of hydrogen-bond donors (Lipinski definition) is 0. The van der Waals surface area contributed by atoms with Gasteiger partial charge in [0.1, 0.15) is 19.8 Å². The molecule has 0 spiro atoms. The number of carbonyl (C=O) groups is 2. The van der Waals surface area contributed by atoms with Gasteiger partial charge in [0.25, 0.3) is 7.82 Å². The van der Waals surface area contributed by atoms with Gasteiger partial charge in [-0.1, -0.05) is 377 Å². The van der Waals surface area contributed by atoms with Crippen molar-refractivity contribution in [3.05, 3.63) is 158 Å². The molecule has 0 fully saturated rings. The number of likely N-dealkylation sites (N-methyl/N-ethyl adjacent to an activating group) is 1.